The van der Waals surface area contributed by atoms with Gasteiger partial charge >= 0.3 is 0 Å². The lowest BCUT2D eigenvalue weighted by atomic mass is 10.00. The maximum atomic E-state index is 12.9. The molecule has 0 bridgehead atoms. The number of imidazole rings is 1. The summed E-state index contributed by atoms with van der Waals surface area (Å²) in [4.78, 5) is 27.3. The van der Waals surface area contributed by atoms with Gasteiger partial charge in [-0.3, -0.25) is 20.3 Å². The molecule has 0 saturated carbocycles. The number of hydrogen-bond donors (Lipinski definition) is 3. The molecular formula is C12H13N7O4S2. The zero-order valence-electron chi connectivity index (χ0n) is 12.9. The number of nitrogens with one attached hydrogen (secondary N) is 2. The van der Waals surface area contributed by atoms with Crippen LogP contribution in [0.2, 0.25) is 0 Å². The van der Waals surface area contributed by atoms with Gasteiger partial charge < -0.3 is 0 Å². The first-order valence-electron chi connectivity index (χ1n) is 6.97. The minimum atomic E-state index is -4.08. The summed E-state index contributed by atoms with van der Waals surface area (Å²) < 4.78 is 26.4. The number of carbonyl (C=O) groups excluding carboxylic acids is 2. The van der Waals surface area contributed by atoms with E-state index in [-0.39, 0.29) is 28.8 Å². The van der Waals surface area contributed by atoms with Crippen LogP contribution >= 0.6 is 11.3 Å². The van der Waals surface area contributed by atoms with E-state index in [4.69, 9.17) is 5.84 Å². The molecule has 1 aliphatic carbocycles. The van der Waals surface area contributed by atoms with Crippen molar-refractivity contribution in [2.24, 2.45) is 5.84 Å². The van der Waals surface area contributed by atoms with Crippen molar-refractivity contribution in [1.29, 1.82) is 0 Å². The summed E-state index contributed by atoms with van der Waals surface area (Å²) in [5.74, 6) is 3.99. The molecule has 132 valence electrons. The Morgan fingerprint density at radius 2 is 2.12 bits per heavy atom. The molecule has 0 radical (unpaired) electrons. The predicted molar refractivity (Wildman–Crippen MR) is 87.7 cm³/mol. The highest BCUT2D eigenvalue weighted by atomic mass is 32.2. The molecule has 2 aromatic rings. The van der Waals surface area contributed by atoms with Crippen LogP contribution in [0.4, 0.5) is 5.95 Å². The number of hydrazine groups is 1. The number of nitrogens with two attached hydrogens (primary N) is 1. The molecule has 25 heavy (non-hydrogen) atoms. The van der Waals surface area contributed by atoms with Gasteiger partial charge in [-0.15, -0.1) is 10.2 Å². The lowest BCUT2D eigenvalue weighted by Crippen LogP contribution is -2.32. The largest absolute Gasteiger partial charge is 0.300 e. The Morgan fingerprint density at radius 3 is 2.72 bits per heavy atom. The molecule has 1 aliphatic rings. The Balaban J connectivity index is 2.19. The monoisotopic (exact) mass is 383 g/mol. The van der Waals surface area contributed by atoms with Crippen LogP contribution in [0.3, 0.4) is 0 Å². The first-order valence-corrected chi connectivity index (χ1v) is 9.29. The number of nitrogens with zero attached hydrogens (tertiary/aromatic N) is 4. The zero-order valence-corrected chi connectivity index (χ0v) is 14.5. The topological polar surface area (TPSA) is 162 Å². The molecule has 0 unspecified atom stereocenters. The molecule has 13 heteroatoms. The highest BCUT2D eigenvalue weighted by Crippen LogP contribution is 2.30. The minimum Gasteiger partial charge on any atom is -0.295 e. The van der Waals surface area contributed by atoms with Crippen LogP contribution in [-0.4, -0.2) is 39.4 Å². The summed E-state index contributed by atoms with van der Waals surface area (Å²) >= 11 is 0.848. The minimum absolute atomic E-state index is 0.168. The standard InChI is InChI=1S/C12H13N7O4S2/c1-6(20)15-11-16-8-4-7(10(21)17-13)2-3-9(8)19(11)25(22,23)12-18-14-5-24-12/h4-5H,2-3,13H2,1H3,(H,17,21)(H,15,16,20). The summed E-state index contributed by atoms with van der Waals surface area (Å²) in [5.41, 5.74) is 4.28. The first-order chi connectivity index (χ1) is 11.8. The van der Waals surface area contributed by atoms with Crippen molar-refractivity contribution in [2.75, 3.05) is 5.32 Å². The fourth-order valence-electron chi connectivity index (χ4n) is 2.41. The SMILES string of the molecule is CC(=O)Nc1nc2c(n1S(=O)(=O)c1nncs1)CCC(C(=O)NN)=C2. The second kappa shape index (κ2) is 6.34. The lowest BCUT2D eigenvalue weighted by Gasteiger charge is -2.14. The van der Waals surface area contributed by atoms with E-state index in [0.29, 0.717) is 11.3 Å². The van der Waals surface area contributed by atoms with E-state index in [9.17, 15) is 18.0 Å². The van der Waals surface area contributed by atoms with Crippen molar-refractivity contribution in [1.82, 2.24) is 24.6 Å². The van der Waals surface area contributed by atoms with E-state index >= 15 is 0 Å². The smallest absolute Gasteiger partial charge is 0.295 e. The zero-order chi connectivity index (χ0) is 18.2. The molecule has 0 saturated heterocycles. The summed E-state index contributed by atoms with van der Waals surface area (Å²) in [5, 5.41) is 9.52. The number of anilines is 1. The maximum absolute atomic E-state index is 12.9. The molecule has 2 aromatic heterocycles. The molecule has 0 aromatic carbocycles. The van der Waals surface area contributed by atoms with Crippen LogP contribution in [-0.2, 0) is 26.0 Å². The normalized spacial score (nSPS) is 13.8. The van der Waals surface area contributed by atoms with E-state index in [0.717, 1.165) is 15.3 Å². The molecule has 3 rings (SSSR count). The van der Waals surface area contributed by atoms with E-state index in [1.54, 1.807) is 0 Å². The van der Waals surface area contributed by atoms with Crippen molar-refractivity contribution < 1.29 is 18.0 Å². The molecule has 4 N–H and O–H groups in total. The van der Waals surface area contributed by atoms with Crippen molar-refractivity contribution in [3.63, 3.8) is 0 Å². The second-order valence-electron chi connectivity index (χ2n) is 5.07. The van der Waals surface area contributed by atoms with Gasteiger partial charge in [0.1, 0.15) is 5.51 Å². The van der Waals surface area contributed by atoms with Crippen molar-refractivity contribution in [3.05, 3.63) is 22.5 Å². The van der Waals surface area contributed by atoms with Gasteiger partial charge in [-0.05, 0) is 18.9 Å². The van der Waals surface area contributed by atoms with Crippen LogP contribution in [0.25, 0.3) is 6.08 Å². The molecule has 2 amide bonds. The van der Waals surface area contributed by atoms with Gasteiger partial charge in [0.15, 0.2) is 0 Å². The Hall–Kier alpha value is -2.64. The van der Waals surface area contributed by atoms with E-state index < -0.39 is 21.8 Å². The lowest BCUT2D eigenvalue weighted by molar-refractivity contribution is -0.117. The predicted octanol–water partition coefficient (Wildman–Crippen LogP) is -0.750. The second-order valence-corrected chi connectivity index (χ2v) is 7.86. The molecule has 2 heterocycles. The average Bonchev–Trinajstić information content (AvgIpc) is 3.20. The fraction of sp³-hybridized carbons (Fsp3) is 0.250. The molecule has 0 fully saturated rings. The van der Waals surface area contributed by atoms with E-state index in [1.165, 1.54) is 18.5 Å². The molecule has 11 nitrogen and oxygen atoms in total. The van der Waals surface area contributed by atoms with Gasteiger partial charge in [0.25, 0.3) is 20.3 Å². The van der Waals surface area contributed by atoms with Crippen LogP contribution in [0, 0.1) is 0 Å². The highest BCUT2D eigenvalue weighted by Gasteiger charge is 2.32. The maximum Gasteiger partial charge on any atom is 0.300 e. The first kappa shape index (κ1) is 17.2. The third-order valence-corrected chi connectivity index (χ3v) is 6.21. The van der Waals surface area contributed by atoms with Crippen LogP contribution < -0.4 is 16.6 Å². The van der Waals surface area contributed by atoms with Gasteiger partial charge in [-0.25, -0.2) is 14.8 Å². The summed E-state index contributed by atoms with van der Waals surface area (Å²) in [6.45, 7) is 1.23. The van der Waals surface area contributed by atoms with E-state index in [2.05, 4.69) is 20.5 Å². The fourth-order valence-corrected chi connectivity index (χ4v) is 4.63. The molecule has 0 atom stereocenters. The number of amides is 2. The van der Waals surface area contributed by atoms with Crippen molar-refractivity contribution in [2.45, 2.75) is 24.1 Å². The third-order valence-electron chi connectivity index (χ3n) is 3.41. The summed E-state index contributed by atoms with van der Waals surface area (Å²) in [6, 6.07) is 0. The van der Waals surface area contributed by atoms with Gasteiger partial charge in [0.05, 0.1) is 11.4 Å². The number of hydrogen-bond acceptors (Lipinski definition) is 9. The van der Waals surface area contributed by atoms with Gasteiger partial charge in [0, 0.05) is 12.5 Å². The highest BCUT2D eigenvalue weighted by molar-refractivity contribution is 7.92. The van der Waals surface area contributed by atoms with Gasteiger partial charge in [-0.2, -0.15) is 8.42 Å². The van der Waals surface area contributed by atoms with Crippen LogP contribution in [0.1, 0.15) is 24.7 Å². The summed E-state index contributed by atoms with van der Waals surface area (Å²) in [6.07, 6.45) is 1.94. The number of carbonyl (C=O) groups is 2. The molecular weight excluding hydrogens is 370 g/mol. The third kappa shape index (κ3) is 3.04. The Kier molecular flexibility index (Phi) is 4.36. The number of aromatic nitrogens is 4. The number of fused-ring (bicyclic) bond motifs is 1. The van der Waals surface area contributed by atoms with Crippen molar-refractivity contribution >= 4 is 45.2 Å². The van der Waals surface area contributed by atoms with Crippen LogP contribution in [0.15, 0.2) is 15.4 Å². The molecule has 0 aliphatic heterocycles. The van der Waals surface area contributed by atoms with Crippen LogP contribution in [0.5, 0.6) is 0 Å². The average molecular weight is 383 g/mol. The van der Waals surface area contributed by atoms with Crippen molar-refractivity contribution in [3.8, 4) is 0 Å². The number of rotatable bonds is 4. The molecule has 0 spiro atoms. The Bertz CT molecular complexity index is 976. The Labute approximate surface area is 146 Å². The van der Waals surface area contributed by atoms with Gasteiger partial charge in [0.2, 0.25) is 11.9 Å². The van der Waals surface area contributed by atoms with Gasteiger partial charge in [-0.1, -0.05) is 11.3 Å². The quantitative estimate of drug-likeness (QED) is 0.353. The van der Waals surface area contributed by atoms with E-state index in [1.807, 2.05) is 5.43 Å². The summed E-state index contributed by atoms with van der Waals surface area (Å²) in [7, 11) is -4.08. The Morgan fingerprint density at radius 1 is 1.36 bits per heavy atom.